The summed E-state index contributed by atoms with van der Waals surface area (Å²) in [5, 5.41) is 6.17. The molecule has 1 atom stereocenters. The summed E-state index contributed by atoms with van der Waals surface area (Å²) in [6, 6.07) is 36.0. The highest BCUT2D eigenvalue weighted by atomic mass is 16.5. The van der Waals surface area contributed by atoms with Gasteiger partial charge < -0.3 is 20.1 Å². The van der Waals surface area contributed by atoms with Crippen LogP contribution in [-0.2, 0) is 13.2 Å². The standard InChI is InChI=1S/C34H30N2O3/c37-34-35-32(27-13-18-30(19-14-27)39-23-26-9-5-2-6-10-26)31-20-15-28(33(31)36-34)21-24-11-16-29(17-12-24)38-22-25-7-3-1-4-8-25/h1-14,16-19,21,32H,15,20,22-23H2,(H2,35,36,37). The predicted octanol–water partition coefficient (Wildman–Crippen LogP) is 7.33. The van der Waals surface area contributed by atoms with Crippen molar-refractivity contribution in [1.82, 2.24) is 10.6 Å². The largest absolute Gasteiger partial charge is 0.489 e. The molecular formula is C34H30N2O3. The smallest absolute Gasteiger partial charge is 0.319 e. The van der Waals surface area contributed by atoms with Crippen LogP contribution in [0.4, 0.5) is 4.79 Å². The van der Waals surface area contributed by atoms with Crippen LogP contribution in [0.1, 0.15) is 41.1 Å². The van der Waals surface area contributed by atoms with E-state index >= 15 is 0 Å². The molecule has 4 aromatic rings. The molecule has 194 valence electrons. The van der Waals surface area contributed by atoms with Crippen LogP contribution in [0.15, 0.2) is 126 Å². The molecule has 39 heavy (non-hydrogen) atoms. The zero-order valence-corrected chi connectivity index (χ0v) is 21.6. The van der Waals surface area contributed by atoms with E-state index in [4.69, 9.17) is 9.47 Å². The number of ether oxygens (including phenoxy) is 2. The fourth-order valence-corrected chi connectivity index (χ4v) is 5.07. The molecule has 5 nitrogen and oxygen atoms in total. The predicted molar refractivity (Wildman–Crippen MR) is 153 cm³/mol. The Morgan fingerprint density at radius 2 is 1.26 bits per heavy atom. The highest BCUT2D eigenvalue weighted by molar-refractivity contribution is 5.82. The zero-order valence-electron chi connectivity index (χ0n) is 21.6. The van der Waals surface area contributed by atoms with Gasteiger partial charge in [-0.15, -0.1) is 0 Å². The number of amides is 2. The molecule has 1 heterocycles. The van der Waals surface area contributed by atoms with Gasteiger partial charge in [0.25, 0.3) is 0 Å². The summed E-state index contributed by atoms with van der Waals surface area (Å²) in [4.78, 5) is 12.6. The number of nitrogens with one attached hydrogen (secondary N) is 2. The molecule has 0 aromatic heterocycles. The van der Waals surface area contributed by atoms with Gasteiger partial charge in [-0.2, -0.15) is 0 Å². The van der Waals surface area contributed by atoms with E-state index < -0.39 is 0 Å². The average Bonchev–Trinajstić information content (AvgIpc) is 3.38. The summed E-state index contributed by atoms with van der Waals surface area (Å²) in [6.45, 7) is 1.06. The molecule has 5 heteroatoms. The van der Waals surface area contributed by atoms with E-state index in [9.17, 15) is 4.79 Å². The van der Waals surface area contributed by atoms with Crippen molar-refractivity contribution in [3.63, 3.8) is 0 Å². The summed E-state index contributed by atoms with van der Waals surface area (Å²) in [5.74, 6) is 1.64. The van der Waals surface area contributed by atoms with Crippen LogP contribution < -0.4 is 20.1 Å². The summed E-state index contributed by atoms with van der Waals surface area (Å²) in [5.41, 5.74) is 7.69. The Kier molecular flexibility index (Phi) is 7.13. The summed E-state index contributed by atoms with van der Waals surface area (Å²) >= 11 is 0. The van der Waals surface area contributed by atoms with Crippen LogP contribution in [0.5, 0.6) is 11.5 Å². The van der Waals surface area contributed by atoms with E-state index in [-0.39, 0.29) is 12.1 Å². The molecule has 0 radical (unpaired) electrons. The molecule has 1 aliphatic carbocycles. The first kappa shape index (κ1) is 24.6. The highest BCUT2D eigenvalue weighted by Gasteiger charge is 2.33. The van der Waals surface area contributed by atoms with Crippen molar-refractivity contribution in [2.24, 2.45) is 0 Å². The third kappa shape index (κ3) is 5.88. The van der Waals surface area contributed by atoms with Crippen molar-refractivity contribution in [2.45, 2.75) is 32.1 Å². The lowest BCUT2D eigenvalue weighted by Gasteiger charge is -2.27. The van der Waals surface area contributed by atoms with E-state index in [2.05, 4.69) is 41.0 Å². The lowest BCUT2D eigenvalue weighted by atomic mass is 9.96. The number of carbonyl (C=O) groups is 1. The van der Waals surface area contributed by atoms with Crippen LogP contribution in [0.3, 0.4) is 0 Å². The molecule has 4 aromatic carbocycles. The Morgan fingerprint density at radius 3 is 1.85 bits per heavy atom. The maximum absolute atomic E-state index is 12.6. The van der Waals surface area contributed by atoms with Crippen molar-refractivity contribution < 1.29 is 14.3 Å². The average molecular weight is 515 g/mol. The lowest BCUT2D eigenvalue weighted by Crippen LogP contribution is -2.43. The van der Waals surface area contributed by atoms with Crippen LogP contribution in [0.2, 0.25) is 0 Å². The molecule has 0 saturated carbocycles. The molecule has 1 unspecified atom stereocenters. The topological polar surface area (TPSA) is 59.6 Å². The van der Waals surface area contributed by atoms with Gasteiger partial charge in [-0.1, -0.05) is 84.9 Å². The van der Waals surface area contributed by atoms with Crippen LogP contribution in [0.25, 0.3) is 6.08 Å². The second-order valence-corrected chi connectivity index (χ2v) is 9.79. The van der Waals surface area contributed by atoms with Crippen molar-refractivity contribution >= 4 is 12.1 Å². The zero-order chi connectivity index (χ0) is 26.4. The molecule has 2 N–H and O–H groups in total. The van der Waals surface area contributed by atoms with Gasteiger partial charge in [0, 0.05) is 5.70 Å². The van der Waals surface area contributed by atoms with Gasteiger partial charge in [-0.05, 0) is 76.6 Å². The first-order valence-corrected chi connectivity index (χ1v) is 13.3. The molecule has 2 amide bonds. The van der Waals surface area contributed by atoms with E-state index in [1.165, 1.54) is 5.57 Å². The van der Waals surface area contributed by atoms with Gasteiger partial charge in [0.2, 0.25) is 0 Å². The number of hydrogen-bond acceptors (Lipinski definition) is 3. The van der Waals surface area contributed by atoms with E-state index in [1.807, 2.05) is 84.9 Å². The van der Waals surface area contributed by atoms with E-state index in [0.29, 0.717) is 13.2 Å². The number of urea groups is 1. The molecule has 0 bridgehead atoms. The van der Waals surface area contributed by atoms with Gasteiger partial charge in [0.05, 0.1) is 6.04 Å². The van der Waals surface area contributed by atoms with Gasteiger partial charge in [0.15, 0.2) is 0 Å². The molecule has 1 aliphatic heterocycles. The summed E-state index contributed by atoms with van der Waals surface area (Å²) < 4.78 is 11.9. The SMILES string of the molecule is O=C1NC2=C(CCC2=Cc2ccc(OCc3ccccc3)cc2)C(c2ccc(OCc3ccccc3)cc2)N1. The second kappa shape index (κ2) is 11.3. The minimum Gasteiger partial charge on any atom is -0.489 e. The van der Waals surface area contributed by atoms with Crippen LogP contribution in [0, 0.1) is 0 Å². The minimum absolute atomic E-state index is 0.156. The lowest BCUT2D eigenvalue weighted by molar-refractivity contribution is 0.239. The molecule has 0 fully saturated rings. The number of rotatable bonds is 8. The highest BCUT2D eigenvalue weighted by Crippen LogP contribution is 2.40. The third-order valence-electron chi connectivity index (χ3n) is 7.10. The maximum Gasteiger partial charge on any atom is 0.319 e. The number of carbonyl (C=O) groups excluding carboxylic acids is 1. The Bertz CT molecular complexity index is 1490. The number of allylic oxidation sites excluding steroid dienone is 1. The fraction of sp³-hybridized carbons (Fsp3) is 0.147. The normalized spacial score (nSPS) is 17.4. The molecule has 0 spiro atoms. The molecule has 6 rings (SSSR count). The Morgan fingerprint density at radius 1 is 0.692 bits per heavy atom. The quantitative estimate of drug-likeness (QED) is 0.259. The maximum atomic E-state index is 12.6. The summed E-state index contributed by atoms with van der Waals surface area (Å²) in [7, 11) is 0. The summed E-state index contributed by atoms with van der Waals surface area (Å²) in [6.07, 6.45) is 3.93. The minimum atomic E-state index is -0.180. The molecular weight excluding hydrogens is 484 g/mol. The monoisotopic (exact) mass is 514 g/mol. The van der Waals surface area contributed by atoms with Crippen molar-refractivity contribution in [2.75, 3.05) is 0 Å². The van der Waals surface area contributed by atoms with Crippen molar-refractivity contribution in [3.05, 3.63) is 148 Å². The van der Waals surface area contributed by atoms with Gasteiger partial charge >= 0.3 is 6.03 Å². The number of hydrogen-bond donors (Lipinski definition) is 2. The van der Waals surface area contributed by atoms with E-state index in [1.54, 1.807) is 0 Å². The van der Waals surface area contributed by atoms with Gasteiger partial charge in [-0.3, -0.25) is 0 Å². The van der Waals surface area contributed by atoms with Crippen LogP contribution >= 0.6 is 0 Å². The Balaban J connectivity index is 1.14. The van der Waals surface area contributed by atoms with Crippen molar-refractivity contribution in [3.8, 4) is 11.5 Å². The molecule has 0 saturated heterocycles. The Hall–Kier alpha value is -4.77. The van der Waals surface area contributed by atoms with Crippen molar-refractivity contribution in [1.29, 1.82) is 0 Å². The van der Waals surface area contributed by atoms with Crippen LogP contribution in [-0.4, -0.2) is 6.03 Å². The van der Waals surface area contributed by atoms with Gasteiger partial charge in [-0.25, -0.2) is 4.79 Å². The first-order chi connectivity index (χ1) is 19.2. The van der Waals surface area contributed by atoms with Gasteiger partial charge in [0.1, 0.15) is 24.7 Å². The molecule has 2 aliphatic rings. The Labute approximate surface area is 228 Å². The number of benzene rings is 4. The second-order valence-electron chi connectivity index (χ2n) is 9.79. The van der Waals surface area contributed by atoms with E-state index in [0.717, 1.165) is 57.9 Å². The third-order valence-corrected chi connectivity index (χ3v) is 7.10. The first-order valence-electron chi connectivity index (χ1n) is 13.3. The fourth-order valence-electron chi connectivity index (χ4n) is 5.07.